The summed E-state index contributed by atoms with van der Waals surface area (Å²) in [6.07, 6.45) is 1.39. The molecule has 0 radical (unpaired) electrons. The van der Waals surface area contributed by atoms with Gasteiger partial charge in [0.25, 0.3) is 5.91 Å². The highest BCUT2D eigenvalue weighted by atomic mass is 16.5. The molecule has 0 bridgehead atoms. The van der Waals surface area contributed by atoms with Crippen LogP contribution in [0.1, 0.15) is 26.5 Å². The highest BCUT2D eigenvalue weighted by molar-refractivity contribution is 5.91. The van der Waals surface area contributed by atoms with Crippen LogP contribution in [0.5, 0.6) is 0 Å². The summed E-state index contributed by atoms with van der Waals surface area (Å²) in [6, 6.07) is 7.72. The molecule has 0 fully saturated rings. The lowest BCUT2D eigenvalue weighted by Gasteiger charge is -2.03. The van der Waals surface area contributed by atoms with Crippen LogP contribution in [0.3, 0.4) is 0 Å². The molecule has 2 N–H and O–H groups in total. The Kier molecular flexibility index (Phi) is 3.38. The number of hydrogen-bond acceptors (Lipinski definition) is 4. The van der Waals surface area contributed by atoms with Gasteiger partial charge in [-0.3, -0.25) is 4.79 Å². The van der Waals surface area contributed by atoms with Crippen molar-refractivity contribution in [1.29, 1.82) is 0 Å². The molecule has 0 spiro atoms. The normalized spacial score (nSPS) is 10.0. The first-order valence-corrected chi connectivity index (χ1v) is 5.18. The zero-order valence-corrected chi connectivity index (χ0v) is 9.29. The zero-order valence-electron chi connectivity index (χ0n) is 9.29. The monoisotopic (exact) mass is 246 g/mol. The molecule has 1 aromatic carbocycles. The van der Waals surface area contributed by atoms with Crippen molar-refractivity contribution in [2.24, 2.45) is 0 Å². The molecule has 2 aromatic rings. The summed E-state index contributed by atoms with van der Waals surface area (Å²) >= 11 is 0. The number of rotatable bonds is 4. The van der Waals surface area contributed by atoms with Crippen molar-refractivity contribution >= 4 is 11.9 Å². The van der Waals surface area contributed by atoms with Gasteiger partial charge in [0.15, 0.2) is 0 Å². The largest absolute Gasteiger partial charge is 0.478 e. The Hall–Kier alpha value is -2.63. The van der Waals surface area contributed by atoms with Crippen LogP contribution >= 0.6 is 0 Å². The predicted molar refractivity (Wildman–Crippen MR) is 61.1 cm³/mol. The van der Waals surface area contributed by atoms with E-state index in [1.54, 1.807) is 12.1 Å². The Bertz CT molecular complexity index is 546. The summed E-state index contributed by atoms with van der Waals surface area (Å²) in [5.41, 5.74) is 1.01. The van der Waals surface area contributed by atoms with Crippen molar-refractivity contribution in [1.82, 2.24) is 10.5 Å². The van der Waals surface area contributed by atoms with E-state index in [0.29, 0.717) is 6.54 Å². The third kappa shape index (κ3) is 2.73. The van der Waals surface area contributed by atoms with Crippen LogP contribution < -0.4 is 5.32 Å². The van der Waals surface area contributed by atoms with Gasteiger partial charge in [0.2, 0.25) is 5.76 Å². The van der Waals surface area contributed by atoms with Gasteiger partial charge in [-0.25, -0.2) is 4.79 Å². The number of hydrogen-bond donors (Lipinski definition) is 2. The number of nitrogens with zero attached hydrogens (tertiary/aromatic N) is 1. The van der Waals surface area contributed by atoms with E-state index in [2.05, 4.69) is 10.5 Å². The molecule has 1 amide bonds. The van der Waals surface area contributed by atoms with Gasteiger partial charge in [-0.1, -0.05) is 17.3 Å². The number of nitrogens with one attached hydrogen (secondary N) is 1. The molecule has 0 saturated heterocycles. The number of benzene rings is 1. The van der Waals surface area contributed by atoms with Crippen LogP contribution in [0.15, 0.2) is 41.1 Å². The molecule has 6 heteroatoms. The fourth-order valence-corrected chi connectivity index (χ4v) is 1.37. The third-order valence-electron chi connectivity index (χ3n) is 2.32. The molecule has 0 atom stereocenters. The summed E-state index contributed by atoms with van der Waals surface area (Å²) in [7, 11) is 0. The van der Waals surface area contributed by atoms with Gasteiger partial charge in [0.05, 0.1) is 11.8 Å². The van der Waals surface area contributed by atoms with Gasteiger partial charge in [-0.2, -0.15) is 0 Å². The molecule has 0 unspecified atom stereocenters. The Morgan fingerprint density at radius 1 is 1.22 bits per heavy atom. The SMILES string of the molecule is O=C(O)c1ccc(CNC(=O)c2ccno2)cc1. The molecule has 0 aliphatic rings. The molecule has 0 aliphatic carbocycles. The average Bonchev–Trinajstić information content (AvgIpc) is 2.90. The molecular formula is C12H10N2O4. The molecule has 0 aliphatic heterocycles. The maximum Gasteiger partial charge on any atom is 0.335 e. The standard InChI is InChI=1S/C12H10N2O4/c15-11(10-5-6-14-18-10)13-7-8-1-3-9(4-2-8)12(16)17/h1-6H,7H2,(H,13,15)(H,16,17). The number of carboxylic acid groups (broad SMARTS) is 1. The third-order valence-corrected chi connectivity index (χ3v) is 2.32. The zero-order chi connectivity index (χ0) is 13.0. The number of aromatic nitrogens is 1. The molecule has 2 rings (SSSR count). The minimum absolute atomic E-state index is 0.136. The molecule has 18 heavy (non-hydrogen) atoms. The summed E-state index contributed by atoms with van der Waals surface area (Å²) in [5.74, 6) is -1.21. The van der Waals surface area contributed by atoms with E-state index in [1.807, 2.05) is 0 Å². The Labute approximate surface area is 102 Å². The Balaban J connectivity index is 1.94. The highest BCUT2D eigenvalue weighted by Gasteiger charge is 2.09. The lowest BCUT2D eigenvalue weighted by atomic mass is 10.1. The van der Waals surface area contributed by atoms with E-state index in [-0.39, 0.29) is 17.2 Å². The number of aromatic carboxylic acids is 1. The molecule has 0 saturated carbocycles. The maximum absolute atomic E-state index is 11.5. The van der Waals surface area contributed by atoms with E-state index < -0.39 is 5.97 Å². The molecular weight excluding hydrogens is 236 g/mol. The minimum Gasteiger partial charge on any atom is -0.478 e. The van der Waals surface area contributed by atoms with Crippen molar-refractivity contribution in [2.45, 2.75) is 6.54 Å². The second-order valence-corrected chi connectivity index (χ2v) is 3.56. The van der Waals surface area contributed by atoms with Gasteiger partial charge >= 0.3 is 5.97 Å². The lowest BCUT2D eigenvalue weighted by molar-refractivity contribution is 0.0696. The Morgan fingerprint density at radius 2 is 1.94 bits per heavy atom. The van der Waals surface area contributed by atoms with Crippen LogP contribution in [0, 0.1) is 0 Å². The first-order chi connectivity index (χ1) is 8.66. The van der Waals surface area contributed by atoms with Crippen LogP contribution in [-0.2, 0) is 6.54 Å². The van der Waals surface area contributed by atoms with Crippen molar-refractivity contribution < 1.29 is 19.2 Å². The maximum atomic E-state index is 11.5. The summed E-state index contributed by atoms with van der Waals surface area (Å²) < 4.78 is 4.69. The molecule has 92 valence electrons. The first kappa shape index (κ1) is 11.8. The van der Waals surface area contributed by atoms with Gasteiger partial charge in [0, 0.05) is 12.6 Å². The van der Waals surface area contributed by atoms with Crippen molar-refractivity contribution in [3.63, 3.8) is 0 Å². The number of amides is 1. The summed E-state index contributed by atoms with van der Waals surface area (Å²) in [4.78, 5) is 22.2. The Morgan fingerprint density at radius 3 is 2.50 bits per heavy atom. The fraction of sp³-hybridized carbons (Fsp3) is 0.0833. The second-order valence-electron chi connectivity index (χ2n) is 3.56. The van der Waals surface area contributed by atoms with E-state index in [1.165, 1.54) is 24.4 Å². The topological polar surface area (TPSA) is 92.4 Å². The van der Waals surface area contributed by atoms with Crippen molar-refractivity contribution in [3.05, 3.63) is 53.4 Å². The van der Waals surface area contributed by atoms with Gasteiger partial charge in [-0.15, -0.1) is 0 Å². The number of carbonyl (C=O) groups is 2. The van der Waals surface area contributed by atoms with Crippen LogP contribution in [0.2, 0.25) is 0 Å². The van der Waals surface area contributed by atoms with Crippen molar-refractivity contribution in [3.8, 4) is 0 Å². The smallest absolute Gasteiger partial charge is 0.335 e. The van der Waals surface area contributed by atoms with Crippen molar-refractivity contribution in [2.75, 3.05) is 0 Å². The van der Waals surface area contributed by atoms with E-state index in [0.717, 1.165) is 5.56 Å². The van der Waals surface area contributed by atoms with Crippen LogP contribution in [-0.4, -0.2) is 22.1 Å². The van der Waals surface area contributed by atoms with Crippen LogP contribution in [0.4, 0.5) is 0 Å². The fourth-order valence-electron chi connectivity index (χ4n) is 1.37. The van der Waals surface area contributed by atoms with E-state index >= 15 is 0 Å². The van der Waals surface area contributed by atoms with E-state index in [9.17, 15) is 9.59 Å². The highest BCUT2D eigenvalue weighted by Crippen LogP contribution is 2.05. The summed E-state index contributed by atoms with van der Waals surface area (Å²) in [5, 5.41) is 14.8. The van der Waals surface area contributed by atoms with Crippen LogP contribution in [0.25, 0.3) is 0 Å². The lowest BCUT2D eigenvalue weighted by Crippen LogP contribution is -2.22. The van der Waals surface area contributed by atoms with Gasteiger partial charge in [0.1, 0.15) is 0 Å². The summed E-state index contributed by atoms with van der Waals surface area (Å²) in [6.45, 7) is 0.291. The molecule has 1 aromatic heterocycles. The molecule has 1 heterocycles. The number of carboxylic acids is 1. The number of carbonyl (C=O) groups excluding carboxylic acids is 1. The quantitative estimate of drug-likeness (QED) is 0.848. The molecule has 6 nitrogen and oxygen atoms in total. The second kappa shape index (κ2) is 5.13. The average molecular weight is 246 g/mol. The first-order valence-electron chi connectivity index (χ1n) is 5.18. The van der Waals surface area contributed by atoms with Gasteiger partial charge in [-0.05, 0) is 17.7 Å². The van der Waals surface area contributed by atoms with Gasteiger partial charge < -0.3 is 14.9 Å². The predicted octanol–water partition coefficient (Wildman–Crippen LogP) is 1.30. The minimum atomic E-state index is -0.979. The van der Waals surface area contributed by atoms with E-state index in [4.69, 9.17) is 9.63 Å².